The van der Waals surface area contributed by atoms with E-state index in [2.05, 4.69) is 11.8 Å². The summed E-state index contributed by atoms with van der Waals surface area (Å²) in [4.78, 5) is 9.53. The Bertz CT molecular complexity index is 98.4. The van der Waals surface area contributed by atoms with E-state index in [-0.39, 0.29) is 0 Å². The molecule has 0 aliphatic carbocycles. The van der Waals surface area contributed by atoms with Gasteiger partial charge in [-0.05, 0) is 0 Å². The van der Waals surface area contributed by atoms with Crippen LogP contribution < -0.4 is 0 Å². The Morgan fingerprint density at radius 3 is 2.71 bits per heavy atom. The van der Waals surface area contributed by atoms with Crippen LogP contribution in [0, 0.1) is 11.8 Å². The quantitative estimate of drug-likeness (QED) is 0.282. The molecule has 0 aromatic rings. The Balaban J connectivity index is 3.06. The summed E-state index contributed by atoms with van der Waals surface area (Å²) in [6.07, 6.45) is 1.05. The van der Waals surface area contributed by atoms with E-state index in [1.807, 2.05) is 0 Å². The molecule has 0 amide bonds. The minimum absolute atomic E-state index is 0.298. The lowest BCUT2D eigenvalue weighted by atomic mass is 10.5. The van der Waals surface area contributed by atoms with Gasteiger partial charge in [0.05, 0.1) is 12.3 Å². The van der Waals surface area contributed by atoms with Crippen molar-refractivity contribution in [2.45, 2.75) is 6.42 Å². The molecule has 0 radical (unpaired) electrons. The molecule has 0 heterocycles. The Morgan fingerprint density at radius 1 is 1.57 bits per heavy atom. The molecule has 0 bridgehead atoms. The molecule has 7 heavy (non-hydrogen) atoms. The number of hydrogen-bond acceptors (Lipinski definition) is 1. The van der Waals surface area contributed by atoms with E-state index in [9.17, 15) is 4.79 Å². The third kappa shape index (κ3) is 5.52. The molecule has 1 nitrogen and oxygen atoms in total. The van der Waals surface area contributed by atoms with Gasteiger partial charge in [-0.1, -0.05) is 11.8 Å². The highest BCUT2D eigenvalue weighted by Gasteiger charge is 1.65. The summed E-state index contributed by atoms with van der Waals surface area (Å²) in [5, 5.41) is 0. The normalized spacial score (nSPS) is 6.43. The molecule has 0 aromatic carbocycles. The molecular formula is C5H5ClO. The van der Waals surface area contributed by atoms with Crippen molar-refractivity contribution in [1.29, 1.82) is 0 Å². The number of hydrogen-bond donors (Lipinski definition) is 0. The second-order valence-electron chi connectivity index (χ2n) is 0.858. The fourth-order valence-corrected chi connectivity index (χ4v) is 0.256. The predicted molar refractivity (Wildman–Crippen MR) is 29.2 cm³/mol. The Kier molecular flexibility index (Phi) is 5.14. The zero-order valence-electron chi connectivity index (χ0n) is 3.78. The van der Waals surface area contributed by atoms with Crippen molar-refractivity contribution in [3.63, 3.8) is 0 Å². The molecule has 0 spiro atoms. The molecule has 0 N–H and O–H groups in total. The van der Waals surface area contributed by atoms with Crippen molar-refractivity contribution in [3.05, 3.63) is 0 Å². The monoisotopic (exact) mass is 116 g/mol. The van der Waals surface area contributed by atoms with Crippen LogP contribution in [0.15, 0.2) is 0 Å². The number of alkyl halides is 1. The third-order valence-electron chi connectivity index (χ3n) is 0.377. The van der Waals surface area contributed by atoms with Crippen LogP contribution in [0.4, 0.5) is 0 Å². The van der Waals surface area contributed by atoms with Crippen molar-refractivity contribution >= 4 is 17.9 Å². The Labute approximate surface area is 47.7 Å². The van der Waals surface area contributed by atoms with Crippen molar-refractivity contribution < 1.29 is 4.79 Å². The SMILES string of the molecule is O=CCC#CCCl. The van der Waals surface area contributed by atoms with Crippen LogP contribution in [-0.2, 0) is 4.79 Å². The van der Waals surface area contributed by atoms with E-state index < -0.39 is 0 Å². The number of halogens is 1. The maximum Gasteiger partial charge on any atom is 0.131 e. The zero-order chi connectivity index (χ0) is 5.54. The fraction of sp³-hybridized carbons (Fsp3) is 0.400. The first-order chi connectivity index (χ1) is 3.41. The standard InChI is InChI=1S/C5H5ClO/c6-4-2-1-3-5-7/h5H,3-4H2. The number of carbonyl (C=O) groups excluding carboxylic acids is 1. The molecule has 0 aromatic heterocycles. The first kappa shape index (κ1) is 6.52. The maximum atomic E-state index is 9.53. The van der Waals surface area contributed by atoms with Crippen LogP contribution in [-0.4, -0.2) is 12.2 Å². The van der Waals surface area contributed by atoms with Gasteiger partial charge in [-0.3, -0.25) is 0 Å². The molecule has 0 aliphatic heterocycles. The van der Waals surface area contributed by atoms with Crippen LogP contribution >= 0.6 is 11.6 Å². The van der Waals surface area contributed by atoms with Gasteiger partial charge in [0.15, 0.2) is 0 Å². The summed E-state index contributed by atoms with van der Waals surface area (Å²) in [6, 6.07) is 0. The lowest BCUT2D eigenvalue weighted by molar-refractivity contribution is -0.107. The van der Waals surface area contributed by atoms with Gasteiger partial charge in [0, 0.05) is 0 Å². The molecule has 0 unspecified atom stereocenters. The first-order valence-electron chi connectivity index (χ1n) is 1.87. The smallest absolute Gasteiger partial charge is 0.131 e. The molecule has 0 saturated carbocycles. The largest absolute Gasteiger partial charge is 0.302 e. The predicted octanol–water partition coefficient (Wildman–Crippen LogP) is 0.818. The lowest BCUT2D eigenvalue weighted by Crippen LogP contribution is -1.66. The summed E-state index contributed by atoms with van der Waals surface area (Å²) in [5.41, 5.74) is 0. The second-order valence-corrected chi connectivity index (χ2v) is 1.13. The van der Waals surface area contributed by atoms with Gasteiger partial charge in [-0.15, -0.1) is 11.6 Å². The zero-order valence-corrected chi connectivity index (χ0v) is 4.53. The highest BCUT2D eigenvalue weighted by molar-refractivity contribution is 6.19. The maximum absolute atomic E-state index is 9.53. The third-order valence-corrected chi connectivity index (χ3v) is 0.511. The molecule has 2 heteroatoms. The number of rotatable bonds is 1. The molecule has 0 rings (SSSR count). The lowest BCUT2D eigenvalue weighted by Gasteiger charge is -1.64. The fourth-order valence-electron chi connectivity index (χ4n) is 0.161. The van der Waals surface area contributed by atoms with Crippen LogP contribution in [0.5, 0.6) is 0 Å². The van der Waals surface area contributed by atoms with E-state index in [1.54, 1.807) is 0 Å². The summed E-state index contributed by atoms with van der Waals surface area (Å²) >= 11 is 5.15. The van der Waals surface area contributed by atoms with Crippen molar-refractivity contribution in [2.75, 3.05) is 5.88 Å². The van der Waals surface area contributed by atoms with E-state index in [0.29, 0.717) is 12.3 Å². The van der Waals surface area contributed by atoms with Gasteiger partial charge < -0.3 is 4.79 Å². The number of aldehydes is 1. The van der Waals surface area contributed by atoms with Crippen LogP contribution in [0.2, 0.25) is 0 Å². The number of carbonyl (C=O) groups is 1. The van der Waals surface area contributed by atoms with Gasteiger partial charge in [0.25, 0.3) is 0 Å². The van der Waals surface area contributed by atoms with Gasteiger partial charge in [0.2, 0.25) is 0 Å². The minimum Gasteiger partial charge on any atom is -0.302 e. The average molecular weight is 117 g/mol. The summed E-state index contributed by atoms with van der Waals surface area (Å²) < 4.78 is 0. The van der Waals surface area contributed by atoms with Crippen LogP contribution in [0.1, 0.15) is 6.42 Å². The van der Waals surface area contributed by atoms with Gasteiger partial charge in [-0.25, -0.2) is 0 Å². The highest BCUT2D eigenvalue weighted by atomic mass is 35.5. The second kappa shape index (κ2) is 5.52. The Hall–Kier alpha value is -0.480. The van der Waals surface area contributed by atoms with Gasteiger partial charge in [-0.2, -0.15) is 0 Å². The summed E-state index contributed by atoms with van der Waals surface area (Å²) in [6.45, 7) is 0. The first-order valence-corrected chi connectivity index (χ1v) is 2.40. The van der Waals surface area contributed by atoms with Gasteiger partial charge >= 0.3 is 0 Å². The topological polar surface area (TPSA) is 17.1 Å². The molecule has 38 valence electrons. The van der Waals surface area contributed by atoms with Crippen molar-refractivity contribution in [2.24, 2.45) is 0 Å². The molecule has 0 fully saturated rings. The van der Waals surface area contributed by atoms with Crippen LogP contribution in [0.25, 0.3) is 0 Å². The molecule has 0 saturated heterocycles. The van der Waals surface area contributed by atoms with E-state index in [4.69, 9.17) is 11.6 Å². The van der Waals surface area contributed by atoms with E-state index in [1.165, 1.54) is 0 Å². The Morgan fingerprint density at radius 2 is 2.29 bits per heavy atom. The van der Waals surface area contributed by atoms with Crippen molar-refractivity contribution in [3.8, 4) is 11.8 Å². The van der Waals surface area contributed by atoms with Gasteiger partial charge in [0.1, 0.15) is 6.29 Å². The summed E-state index contributed by atoms with van der Waals surface area (Å²) in [7, 11) is 0. The summed E-state index contributed by atoms with van der Waals surface area (Å²) in [5.74, 6) is 5.38. The minimum atomic E-state index is 0.298. The van der Waals surface area contributed by atoms with E-state index in [0.717, 1.165) is 6.29 Å². The average Bonchev–Trinajstić information content (AvgIpc) is 1.69. The van der Waals surface area contributed by atoms with E-state index >= 15 is 0 Å². The van der Waals surface area contributed by atoms with Crippen molar-refractivity contribution in [1.82, 2.24) is 0 Å². The molecule has 0 aliphatic rings. The highest BCUT2D eigenvalue weighted by Crippen LogP contribution is 1.68. The molecular weight excluding hydrogens is 112 g/mol. The molecule has 0 atom stereocenters. The van der Waals surface area contributed by atoms with Crippen LogP contribution in [0.3, 0.4) is 0 Å².